The van der Waals surface area contributed by atoms with Crippen LogP contribution in [-0.4, -0.2) is 30.0 Å². The minimum atomic E-state index is -0.527. The number of nitrogens with one attached hydrogen (secondary N) is 1. The highest BCUT2D eigenvalue weighted by atomic mass is 16.1. The summed E-state index contributed by atoms with van der Waals surface area (Å²) in [5.41, 5.74) is 10.9. The molecule has 0 rings (SSSR count). The van der Waals surface area contributed by atoms with Gasteiger partial charge in [0.25, 0.3) is 0 Å². The van der Waals surface area contributed by atoms with Crippen molar-refractivity contribution in [1.29, 1.82) is 0 Å². The summed E-state index contributed by atoms with van der Waals surface area (Å²) in [4.78, 5) is 13.8. The summed E-state index contributed by atoms with van der Waals surface area (Å²) < 4.78 is 0. The van der Waals surface area contributed by atoms with E-state index in [1.54, 1.807) is 0 Å². The molecular weight excluding hydrogens is 334 g/mol. The average molecular weight is 384 g/mol. The summed E-state index contributed by atoms with van der Waals surface area (Å²) in [6, 6.07) is 0. The van der Waals surface area contributed by atoms with Gasteiger partial charge in [-0.25, -0.2) is 0 Å². The van der Waals surface area contributed by atoms with Crippen molar-refractivity contribution in [2.75, 3.05) is 13.1 Å². The van der Waals surface area contributed by atoms with Gasteiger partial charge >= 0.3 is 0 Å². The van der Waals surface area contributed by atoms with Crippen molar-refractivity contribution in [2.45, 2.75) is 112 Å². The molecule has 5 N–H and O–H groups in total. The van der Waals surface area contributed by atoms with E-state index < -0.39 is 11.0 Å². The lowest BCUT2D eigenvalue weighted by Crippen LogP contribution is -2.63. The van der Waals surface area contributed by atoms with Crippen LogP contribution in [0.25, 0.3) is 0 Å². The number of carbonyl (C=O) groups is 1. The van der Waals surface area contributed by atoms with Crippen molar-refractivity contribution < 1.29 is 4.79 Å². The molecule has 0 saturated heterocycles. The smallest absolute Gasteiger partial charge is 0.158 e. The van der Waals surface area contributed by atoms with Gasteiger partial charge in [-0.2, -0.15) is 0 Å². The highest BCUT2D eigenvalue weighted by Crippen LogP contribution is 2.41. The Kier molecular flexibility index (Phi) is 9.21. The second-order valence-electron chi connectivity index (χ2n) is 11.1. The Morgan fingerprint density at radius 3 is 1.59 bits per heavy atom. The third-order valence-electron chi connectivity index (χ3n) is 6.52. The second-order valence-corrected chi connectivity index (χ2v) is 11.1. The Morgan fingerprint density at radius 1 is 0.778 bits per heavy atom. The zero-order chi connectivity index (χ0) is 21.7. The second kappa shape index (κ2) is 9.37. The third-order valence-corrected chi connectivity index (χ3v) is 6.52. The van der Waals surface area contributed by atoms with E-state index in [-0.39, 0.29) is 16.4 Å². The van der Waals surface area contributed by atoms with Gasteiger partial charge in [-0.1, -0.05) is 55.4 Å². The van der Waals surface area contributed by atoms with Gasteiger partial charge in [-0.05, 0) is 69.9 Å². The molecule has 0 aromatic carbocycles. The van der Waals surface area contributed by atoms with Gasteiger partial charge in [-0.3, -0.25) is 10.1 Å². The van der Waals surface area contributed by atoms with Crippen LogP contribution in [0.2, 0.25) is 0 Å². The molecular formula is C23H49N3O. The van der Waals surface area contributed by atoms with Crippen LogP contribution >= 0.6 is 0 Å². The van der Waals surface area contributed by atoms with E-state index in [2.05, 4.69) is 74.6 Å². The standard InChI is InChI=1S/C23H49N3O/c1-11-22(10,17-25)15-20(6,7)18(27)23(12-2,13-3)26-21(8,9)14-19(4,5)16-24/h26H,11-17,24-25H2,1-10H3. The van der Waals surface area contributed by atoms with Crippen LogP contribution < -0.4 is 16.8 Å². The summed E-state index contributed by atoms with van der Waals surface area (Å²) in [5, 5.41) is 3.79. The molecule has 1 atom stereocenters. The Balaban J connectivity index is 5.76. The van der Waals surface area contributed by atoms with E-state index in [1.807, 2.05) is 0 Å². The summed E-state index contributed by atoms with van der Waals surface area (Å²) in [6.07, 6.45) is 4.27. The molecule has 0 aromatic heterocycles. The Labute approximate surface area is 169 Å². The van der Waals surface area contributed by atoms with E-state index in [0.717, 1.165) is 32.1 Å². The molecule has 0 fully saturated rings. The number of nitrogens with two attached hydrogens (primary N) is 2. The minimum Gasteiger partial charge on any atom is -0.330 e. The lowest BCUT2D eigenvalue weighted by atomic mass is 9.65. The van der Waals surface area contributed by atoms with Gasteiger partial charge in [0, 0.05) is 11.0 Å². The van der Waals surface area contributed by atoms with Crippen LogP contribution in [0.3, 0.4) is 0 Å². The molecule has 1 unspecified atom stereocenters. The zero-order valence-electron chi connectivity index (χ0n) is 20.0. The zero-order valence-corrected chi connectivity index (χ0v) is 20.0. The molecule has 0 amide bonds. The number of hydrogen-bond donors (Lipinski definition) is 3. The van der Waals surface area contributed by atoms with Crippen molar-refractivity contribution in [3.05, 3.63) is 0 Å². The normalized spacial score (nSPS) is 16.3. The average Bonchev–Trinajstić information content (AvgIpc) is 2.57. The molecule has 0 aliphatic heterocycles. The summed E-state index contributed by atoms with van der Waals surface area (Å²) in [5.74, 6) is 0.312. The molecule has 0 spiro atoms. The Morgan fingerprint density at radius 2 is 1.26 bits per heavy atom. The molecule has 0 saturated carbocycles. The third kappa shape index (κ3) is 7.14. The SMILES string of the molecule is CCC(C)(CN)CC(C)(C)C(=O)C(CC)(CC)NC(C)(C)CC(C)(C)CN. The number of hydrogen-bond acceptors (Lipinski definition) is 4. The highest BCUT2D eigenvalue weighted by molar-refractivity contribution is 5.93. The summed E-state index contributed by atoms with van der Waals surface area (Å²) in [7, 11) is 0. The molecule has 0 heterocycles. The fraction of sp³-hybridized carbons (Fsp3) is 0.957. The van der Waals surface area contributed by atoms with Crippen LogP contribution in [0.15, 0.2) is 0 Å². The fourth-order valence-electron chi connectivity index (χ4n) is 4.90. The Hall–Kier alpha value is -0.450. The first-order valence-corrected chi connectivity index (χ1v) is 10.8. The lowest BCUT2D eigenvalue weighted by Gasteiger charge is -2.47. The van der Waals surface area contributed by atoms with Crippen molar-refractivity contribution in [3.63, 3.8) is 0 Å². The van der Waals surface area contributed by atoms with E-state index >= 15 is 0 Å². The number of rotatable bonds is 13. The number of ketones is 1. The van der Waals surface area contributed by atoms with Crippen LogP contribution in [0.4, 0.5) is 0 Å². The first-order valence-electron chi connectivity index (χ1n) is 10.8. The maximum atomic E-state index is 13.8. The highest BCUT2D eigenvalue weighted by Gasteiger charge is 2.48. The van der Waals surface area contributed by atoms with Crippen LogP contribution in [0.5, 0.6) is 0 Å². The van der Waals surface area contributed by atoms with Crippen LogP contribution in [-0.2, 0) is 4.79 Å². The van der Waals surface area contributed by atoms with Gasteiger partial charge in [0.05, 0.1) is 5.54 Å². The van der Waals surface area contributed by atoms with E-state index in [0.29, 0.717) is 18.9 Å². The molecule has 0 bridgehead atoms. The van der Waals surface area contributed by atoms with Gasteiger partial charge in [0.2, 0.25) is 0 Å². The van der Waals surface area contributed by atoms with Gasteiger partial charge in [0.15, 0.2) is 5.78 Å². The quantitative estimate of drug-likeness (QED) is 0.432. The first kappa shape index (κ1) is 26.6. The van der Waals surface area contributed by atoms with E-state index in [9.17, 15) is 4.79 Å². The van der Waals surface area contributed by atoms with Gasteiger partial charge < -0.3 is 11.5 Å². The lowest BCUT2D eigenvalue weighted by molar-refractivity contribution is -0.137. The molecule has 0 aliphatic carbocycles. The molecule has 4 nitrogen and oxygen atoms in total. The first-order chi connectivity index (χ1) is 12.1. The maximum Gasteiger partial charge on any atom is 0.158 e. The fourth-order valence-corrected chi connectivity index (χ4v) is 4.90. The molecule has 0 aromatic rings. The van der Waals surface area contributed by atoms with E-state index in [1.165, 1.54) is 0 Å². The van der Waals surface area contributed by atoms with E-state index in [4.69, 9.17) is 11.5 Å². The number of Topliss-reactive ketones (excluding diaryl/α,β-unsaturated/α-hetero) is 1. The minimum absolute atomic E-state index is 0.0105. The molecule has 162 valence electrons. The molecule has 4 heteroatoms. The van der Waals surface area contributed by atoms with Gasteiger partial charge in [0.1, 0.15) is 0 Å². The molecule has 0 radical (unpaired) electrons. The van der Waals surface area contributed by atoms with Crippen molar-refractivity contribution >= 4 is 5.78 Å². The Bertz CT molecular complexity index is 472. The van der Waals surface area contributed by atoms with Crippen molar-refractivity contribution in [3.8, 4) is 0 Å². The predicted octanol–water partition coefficient (Wildman–Crippen LogP) is 4.65. The largest absolute Gasteiger partial charge is 0.330 e. The van der Waals surface area contributed by atoms with Gasteiger partial charge in [-0.15, -0.1) is 0 Å². The topological polar surface area (TPSA) is 81.1 Å². The summed E-state index contributed by atoms with van der Waals surface area (Å²) in [6.45, 7) is 22.8. The molecule has 0 aliphatic rings. The molecule has 27 heavy (non-hydrogen) atoms. The summed E-state index contributed by atoms with van der Waals surface area (Å²) >= 11 is 0. The van der Waals surface area contributed by atoms with Crippen LogP contribution in [0, 0.1) is 16.2 Å². The van der Waals surface area contributed by atoms with Crippen molar-refractivity contribution in [1.82, 2.24) is 5.32 Å². The predicted molar refractivity (Wildman–Crippen MR) is 119 cm³/mol. The van der Waals surface area contributed by atoms with Crippen molar-refractivity contribution in [2.24, 2.45) is 27.7 Å². The monoisotopic (exact) mass is 383 g/mol. The number of carbonyl (C=O) groups excluding carboxylic acids is 1. The maximum absolute atomic E-state index is 13.8. The van der Waals surface area contributed by atoms with Crippen LogP contribution in [0.1, 0.15) is 101 Å².